The van der Waals surface area contributed by atoms with Gasteiger partial charge in [0.05, 0.1) is 6.54 Å². The van der Waals surface area contributed by atoms with Crippen LogP contribution in [0.25, 0.3) is 0 Å². The molecule has 1 fully saturated rings. The second kappa shape index (κ2) is 9.28. The zero-order valence-corrected chi connectivity index (χ0v) is 20.4. The van der Waals surface area contributed by atoms with E-state index < -0.39 is 28.4 Å². The van der Waals surface area contributed by atoms with E-state index in [9.17, 15) is 14.0 Å². The van der Waals surface area contributed by atoms with Crippen LogP contribution in [0.5, 0.6) is 0 Å². The molecule has 0 aromatic carbocycles. The van der Waals surface area contributed by atoms with Gasteiger partial charge in [0.1, 0.15) is 34.6 Å². The first-order valence-electron chi connectivity index (χ1n) is 10.2. The average Bonchev–Trinajstić information content (AvgIpc) is 3.17. The number of alkyl halides is 1. The van der Waals surface area contributed by atoms with Gasteiger partial charge in [-0.2, -0.15) is 4.98 Å². The lowest BCUT2D eigenvalue weighted by Gasteiger charge is -2.36. The van der Waals surface area contributed by atoms with Crippen molar-refractivity contribution < 1.29 is 18.7 Å². The summed E-state index contributed by atoms with van der Waals surface area (Å²) in [5.41, 5.74) is 10.1. The number of anilines is 2. The largest absolute Gasteiger partial charge is 0.489 e. The van der Waals surface area contributed by atoms with Gasteiger partial charge in [0, 0.05) is 24.4 Å². The first-order valence-corrected chi connectivity index (χ1v) is 11.4. The number of halogens is 1. The van der Waals surface area contributed by atoms with Gasteiger partial charge in [-0.25, -0.2) is 9.37 Å². The molecular formula is C20H29FN6O3P2. The van der Waals surface area contributed by atoms with Crippen molar-refractivity contribution in [2.75, 3.05) is 23.3 Å². The summed E-state index contributed by atoms with van der Waals surface area (Å²) < 4.78 is 20.5. The van der Waals surface area contributed by atoms with Gasteiger partial charge in [0.15, 0.2) is 0 Å². The molecule has 1 aliphatic carbocycles. The predicted octanol–water partition coefficient (Wildman–Crippen LogP) is 1.68. The Balaban J connectivity index is 1.69. The third-order valence-corrected chi connectivity index (χ3v) is 7.03. The van der Waals surface area contributed by atoms with E-state index in [-0.39, 0.29) is 17.6 Å². The van der Waals surface area contributed by atoms with Crippen LogP contribution in [0, 0.1) is 5.41 Å². The van der Waals surface area contributed by atoms with E-state index in [1.165, 1.54) is 6.07 Å². The maximum Gasteiger partial charge on any atom is 0.267 e. The fourth-order valence-corrected chi connectivity index (χ4v) is 3.78. The standard InChI is InChI=1S/C20H29FN6O3P2/c1-11(16(22)28)24-15-9-14(17(23)29)25-18(26-15)27-8-5-13(10-27)30-12-3-6-19(2,7-4-12)20(21,31)32/h3-4,6,9,11,13H,5,7-8,10,31-32H2,1-2H3,(H2,22,28)(H2,23,29)(H,24,25,26)/t11?,13-,19?/m0/s1. The number of carbonyl (C=O) groups is 2. The normalized spacial score (nSPS) is 24.1. The van der Waals surface area contributed by atoms with E-state index in [2.05, 4.69) is 33.8 Å². The van der Waals surface area contributed by atoms with Crippen molar-refractivity contribution in [2.45, 2.75) is 44.0 Å². The van der Waals surface area contributed by atoms with E-state index in [1.807, 2.05) is 24.0 Å². The molecule has 0 bridgehead atoms. The number of hydrogen-bond acceptors (Lipinski definition) is 7. The molecular weight excluding hydrogens is 453 g/mol. The monoisotopic (exact) mass is 482 g/mol. The summed E-state index contributed by atoms with van der Waals surface area (Å²) in [6.07, 6.45) is 6.61. The van der Waals surface area contributed by atoms with Crippen molar-refractivity contribution in [3.05, 3.63) is 35.7 Å². The zero-order chi connectivity index (χ0) is 23.7. The van der Waals surface area contributed by atoms with E-state index in [0.717, 1.165) is 0 Å². The minimum Gasteiger partial charge on any atom is -0.489 e. The average molecular weight is 482 g/mol. The molecule has 4 unspecified atom stereocenters. The Bertz CT molecular complexity index is 967. The summed E-state index contributed by atoms with van der Waals surface area (Å²) >= 11 is 0. The van der Waals surface area contributed by atoms with Gasteiger partial charge < -0.3 is 26.4 Å². The highest BCUT2D eigenvalue weighted by Gasteiger charge is 2.40. The van der Waals surface area contributed by atoms with Gasteiger partial charge in [0.2, 0.25) is 11.9 Å². The lowest BCUT2D eigenvalue weighted by molar-refractivity contribution is -0.118. The van der Waals surface area contributed by atoms with Crippen molar-refractivity contribution in [2.24, 2.45) is 16.9 Å². The lowest BCUT2D eigenvalue weighted by Crippen LogP contribution is -2.33. The molecule has 1 aliphatic heterocycles. The smallest absolute Gasteiger partial charge is 0.267 e. The van der Waals surface area contributed by atoms with Crippen LogP contribution < -0.4 is 21.7 Å². The second-order valence-corrected chi connectivity index (χ2v) is 10.7. The fourth-order valence-electron chi connectivity index (χ4n) is 3.35. The molecule has 1 aromatic heterocycles. The lowest BCUT2D eigenvalue weighted by atomic mass is 9.84. The number of nitrogens with two attached hydrogens (primary N) is 2. The van der Waals surface area contributed by atoms with Crippen molar-refractivity contribution >= 4 is 42.1 Å². The van der Waals surface area contributed by atoms with Gasteiger partial charge in [-0.15, -0.1) is 0 Å². The Morgan fingerprint density at radius 1 is 1.41 bits per heavy atom. The van der Waals surface area contributed by atoms with Crippen LogP contribution in [0.1, 0.15) is 37.2 Å². The summed E-state index contributed by atoms with van der Waals surface area (Å²) in [7, 11) is 4.45. The van der Waals surface area contributed by atoms with Crippen LogP contribution in [-0.2, 0) is 9.53 Å². The van der Waals surface area contributed by atoms with Crippen molar-refractivity contribution in [1.29, 1.82) is 0 Å². The van der Waals surface area contributed by atoms with Gasteiger partial charge in [0.25, 0.3) is 5.91 Å². The molecule has 9 nitrogen and oxygen atoms in total. The van der Waals surface area contributed by atoms with Crippen LogP contribution in [0.3, 0.4) is 0 Å². The van der Waals surface area contributed by atoms with E-state index in [0.29, 0.717) is 37.6 Å². The fraction of sp³-hybridized carbons (Fsp3) is 0.500. The molecule has 0 saturated carbocycles. The van der Waals surface area contributed by atoms with E-state index in [1.54, 1.807) is 13.0 Å². The number of hydrogen-bond donors (Lipinski definition) is 3. The topological polar surface area (TPSA) is 136 Å². The maximum absolute atomic E-state index is 14.4. The quantitative estimate of drug-likeness (QED) is 0.480. The maximum atomic E-state index is 14.4. The molecule has 1 saturated heterocycles. The second-order valence-electron chi connectivity index (χ2n) is 8.38. The van der Waals surface area contributed by atoms with Crippen molar-refractivity contribution in [1.82, 2.24) is 9.97 Å². The Hall–Kier alpha value is -2.31. The third kappa shape index (κ3) is 5.54. The van der Waals surface area contributed by atoms with E-state index in [4.69, 9.17) is 16.2 Å². The molecule has 0 radical (unpaired) electrons. The summed E-state index contributed by atoms with van der Waals surface area (Å²) in [4.78, 5) is 33.6. The predicted molar refractivity (Wildman–Crippen MR) is 128 cm³/mol. The SMILES string of the molecule is CC(Nc1cc(C(N)=O)nc(N2CC[C@H](OC3=CCC(C)(C(F)(P)P)C=C3)C2)n1)C(N)=O. The number of carbonyl (C=O) groups excluding carboxylic acids is 2. The minimum absolute atomic E-state index is 0.0281. The highest BCUT2D eigenvalue weighted by atomic mass is 31.1. The van der Waals surface area contributed by atoms with Crippen molar-refractivity contribution in [3.63, 3.8) is 0 Å². The Morgan fingerprint density at radius 2 is 2.12 bits per heavy atom. The third-order valence-electron chi connectivity index (χ3n) is 5.71. The van der Waals surface area contributed by atoms with E-state index >= 15 is 0 Å². The highest BCUT2D eigenvalue weighted by molar-refractivity contribution is 7.39. The molecule has 174 valence electrons. The van der Waals surface area contributed by atoms with Crippen molar-refractivity contribution in [3.8, 4) is 0 Å². The number of rotatable bonds is 8. The number of nitrogens with one attached hydrogen (secondary N) is 1. The molecule has 12 heteroatoms. The summed E-state index contributed by atoms with van der Waals surface area (Å²) in [6, 6.07) is 0.697. The molecule has 5 N–H and O–H groups in total. The molecule has 32 heavy (non-hydrogen) atoms. The summed E-state index contributed by atoms with van der Waals surface area (Å²) in [5.74, 6) is 0.0153. The van der Waals surface area contributed by atoms with Crippen LogP contribution in [-0.4, -0.2) is 52.2 Å². The van der Waals surface area contributed by atoms with Gasteiger partial charge in [-0.3, -0.25) is 9.59 Å². The Morgan fingerprint density at radius 3 is 2.69 bits per heavy atom. The van der Waals surface area contributed by atoms with Crippen LogP contribution in [0.4, 0.5) is 16.2 Å². The van der Waals surface area contributed by atoms with Crippen LogP contribution >= 0.6 is 18.5 Å². The van der Waals surface area contributed by atoms with Gasteiger partial charge in [-0.05, 0) is 25.5 Å². The van der Waals surface area contributed by atoms with Gasteiger partial charge >= 0.3 is 0 Å². The molecule has 5 atom stereocenters. The number of amides is 2. The number of nitrogens with zero attached hydrogens (tertiary/aromatic N) is 3. The molecule has 2 aliphatic rings. The van der Waals surface area contributed by atoms with Crippen LogP contribution in [0.15, 0.2) is 30.1 Å². The number of ether oxygens (including phenoxy) is 1. The first-order chi connectivity index (χ1) is 14.9. The Labute approximate surface area is 191 Å². The number of allylic oxidation sites excluding steroid dienone is 3. The molecule has 3 rings (SSSR count). The molecule has 2 heterocycles. The zero-order valence-electron chi connectivity index (χ0n) is 18.0. The van der Waals surface area contributed by atoms with Gasteiger partial charge in [-0.1, -0.05) is 31.5 Å². The molecule has 1 aromatic rings. The number of primary amides is 2. The highest BCUT2D eigenvalue weighted by Crippen LogP contribution is 2.50. The number of aromatic nitrogens is 2. The molecule has 0 spiro atoms. The van der Waals surface area contributed by atoms with Crippen LogP contribution in [0.2, 0.25) is 0 Å². The summed E-state index contributed by atoms with van der Waals surface area (Å²) in [5, 5.41) is 1.35. The molecule has 2 amide bonds. The Kier molecular flexibility index (Phi) is 7.06. The minimum atomic E-state index is -1.50. The first kappa shape index (κ1) is 24.3. The summed E-state index contributed by atoms with van der Waals surface area (Å²) in [6.45, 7) is 4.54.